The largest absolute Gasteiger partial charge is 0.396 e. The highest BCUT2D eigenvalue weighted by Gasteiger charge is 2.24. The molecule has 0 saturated heterocycles. The molecule has 0 radical (unpaired) electrons. The molecule has 1 atom stereocenters. The molecule has 1 aromatic heterocycles. The lowest BCUT2D eigenvalue weighted by atomic mass is 10.0. The van der Waals surface area contributed by atoms with Crippen LogP contribution in [0.15, 0.2) is 24.5 Å². The first-order valence-electron chi connectivity index (χ1n) is 10.3. The molecule has 0 saturated carbocycles. The van der Waals surface area contributed by atoms with Crippen LogP contribution in [0.25, 0.3) is 11.0 Å². The lowest BCUT2D eigenvalue weighted by Gasteiger charge is -2.32. The van der Waals surface area contributed by atoms with E-state index in [9.17, 15) is 18.3 Å². The molecular formula is C21H33N3O5S. The number of nitrogens with zero attached hydrogens (tertiary/aromatic N) is 3. The van der Waals surface area contributed by atoms with Crippen molar-refractivity contribution >= 4 is 26.8 Å². The Hall–Kier alpha value is -1.97. The van der Waals surface area contributed by atoms with E-state index in [0.717, 1.165) is 18.2 Å². The van der Waals surface area contributed by atoms with Crippen LogP contribution in [0.2, 0.25) is 0 Å². The molecule has 30 heavy (non-hydrogen) atoms. The third-order valence-electron chi connectivity index (χ3n) is 4.84. The second-order valence-corrected chi connectivity index (χ2v) is 10.1. The Bertz CT molecular complexity index is 939. The minimum Gasteiger partial charge on any atom is -0.396 e. The van der Waals surface area contributed by atoms with Crippen molar-refractivity contribution in [3.8, 4) is 0 Å². The van der Waals surface area contributed by atoms with Crippen LogP contribution in [-0.4, -0.2) is 71.9 Å². The van der Waals surface area contributed by atoms with Gasteiger partial charge in [-0.15, -0.1) is 0 Å². The molecule has 8 nitrogen and oxygen atoms in total. The average molecular weight is 440 g/mol. The topological polar surface area (TPSA) is 102 Å². The van der Waals surface area contributed by atoms with E-state index in [2.05, 4.69) is 18.8 Å². The molecule has 2 rings (SSSR count). The number of hydrogen-bond donors (Lipinski definition) is 1. The molecule has 1 N–H and O–H groups in total. The van der Waals surface area contributed by atoms with Crippen LogP contribution in [0.1, 0.15) is 44.0 Å². The minimum absolute atomic E-state index is 0.00912. The molecule has 1 heterocycles. The predicted molar refractivity (Wildman–Crippen MR) is 117 cm³/mol. The minimum atomic E-state index is -3.16. The highest BCUT2D eigenvalue weighted by Crippen LogP contribution is 2.20. The fourth-order valence-corrected chi connectivity index (χ4v) is 3.86. The molecule has 0 spiro atoms. The highest BCUT2D eigenvalue weighted by molar-refractivity contribution is 7.90. The van der Waals surface area contributed by atoms with Crippen molar-refractivity contribution in [2.45, 2.75) is 46.2 Å². The maximum atomic E-state index is 13.2. The molecule has 0 bridgehead atoms. The third-order valence-corrected chi connectivity index (χ3v) is 5.43. The summed E-state index contributed by atoms with van der Waals surface area (Å²) < 4.78 is 29.4. The third kappa shape index (κ3) is 6.78. The van der Waals surface area contributed by atoms with Crippen LogP contribution in [0.5, 0.6) is 0 Å². The van der Waals surface area contributed by atoms with Crippen LogP contribution >= 0.6 is 0 Å². The smallest absolute Gasteiger partial charge is 0.254 e. The van der Waals surface area contributed by atoms with Gasteiger partial charge >= 0.3 is 0 Å². The highest BCUT2D eigenvalue weighted by atomic mass is 32.2. The molecule has 1 aromatic carbocycles. The van der Waals surface area contributed by atoms with Gasteiger partial charge in [-0.05, 0) is 37.0 Å². The number of amides is 1. The molecular weight excluding hydrogens is 406 g/mol. The summed E-state index contributed by atoms with van der Waals surface area (Å²) in [5.74, 6) is -0.0513. The van der Waals surface area contributed by atoms with Crippen LogP contribution < -0.4 is 0 Å². The van der Waals surface area contributed by atoms with Crippen molar-refractivity contribution in [3.63, 3.8) is 0 Å². The monoisotopic (exact) mass is 439 g/mol. The molecule has 1 unspecified atom stereocenters. The number of imidazole rings is 1. The Labute approximate surface area is 178 Å². The number of rotatable bonds is 12. The van der Waals surface area contributed by atoms with Gasteiger partial charge in [0.1, 0.15) is 5.94 Å². The second-order valence-electron chi connectivity index (χ2n) is 8.02. The molecule has 9 heteroatoms. The zero-order valence-corrected chi connectivity index (χ0v) is 19.1. The van der Waals surface area contributed by atoms with Gasteiger partial charge in [-0.1, -0.05) is 20.8 Å². The molecule has 0 fully saturated rings. The number of aromatic nitrogens is 2. The average Bonchev–Trinajstić information content (AvgIpc) is 3.08. The number of carbonyl (C=O) groups is 1. The van der Waals surface area contributed by atoms with Gasteiger partial charge in [-0.25, -0.2) is 13.4 Å². The Balaban J connectivity index is 2.18. The van der Waals surface area contributed by atoms with Gasteiger partial charge in [0.2, 0.25) is 0 Å². The Morgan fingerprint density at radius 1 is 1.33 bits per heavy atom. The van der Waals surface area contributed by atoms with Crippen LogP contribution in [-0.2, 0) is 21.1 Å². The summed E-state index contributed by atoms with van der Waals surface area (Å²) in [6, 6.07) is 5.42. The summed E-state index contributed by atoms with van der Waals surface area (Å²) in [5.41, 5.74) is 2.12. The van der Waals surface area contributed by atoms with E-state index in [1.807, 2.05) is 22.5 Å². The fourth-order valence-electron chi connectivity index (χ4n) is 3.43. The van der Waals surface area contributed by atoms with E-state index in [1.165, 1.54) is 0 Å². The molecule has 0 aliphatic heterocycles. The van der Waals surface area contributed by atoms with E-state index in [4.69, 9.17) is 4.74 Å². The molecule has 168 valence electrons. The van der Waals surface area contributed by atoms with Crippen molar-refractivity contribution in [1.82, 2.24) is 14.5 Å². The van der Waals surface area contributed by atoms with Crippen LogP contribution in [0, 0.1) is 5.92 Å². The van der Waals surface area contributed by atoms with E-state index < -0.39 is 9.84 Å². The number of fused-ring (bicyclic) bond motifs is 1. The van der Waals surface area contributed by atoms with Crippen LogP contribution in [0.3, 0.4) is 0 Å². The number of hydrogen-bond acceptors (Lipinski definition) is 6. The summed E-state index contributed by atoms with van der Waals surface area (Å²) in [4.78, 5) is 19.5. The first-order valence-corrected chi connectivity index (χ1v) is 12.3. The van der Waals surface area contributed by atoms with Gasteiger partial charge in [0.05, 0.1) is 24.0 Å². The summed E-state index contributed by atoms with van der Waals surface area (Å²) in [6.07, 6.45) is 4.13. The van der Waals surface area contributed by atoms with E-state index in [-0.39, 0.29) is 31.1 Å². The number of ether oxygens (including phenoxy) is 1. The first kappa shape index (κ1) is 24.3. The normalized spacial score (nSPS) is 13.1. The summed E-state index contributed by atoms with van der Waals surface area (Å²) in [7, 11) is -3.16. The SMILES string of the molecule is CCC(CCO)N(CC(C)C)C(=O)c1ccc2c(c1)ncn2CCOCS(C)(=O)=O. The first-order chi connectivity index (χ1) is 14.2. The quantitative estimate of drug-likeness (QED) is 0.509. The Kier molecular flexibility index (Phi) is 8.81. The summed E-state index contributed by atoms with van der Waals surface area (Å²) in [6.45, 7) is 7.56. The summed E-state index contributed by atoms with van der Waals surface area (Å²) >= 11 is 0. The number of carbonyl (C=O) groups excluding carboxylic acids is 1. The predicted octanol–water partition coefficient (Wildman–Crippen LogP) is 2.31. The molecule has 1 amide bonds. The lowest BCUT2D eigenvalue weighted by molar-refractivity contribution is 0.0613. The van der Waals surface area contributed by atoms with Gasteiger partial charge in [-0.3, -0.25) is 4.79 Å². The fraction of sp³-hybridized carbons (Fsp3) is 0.619. The molecule has 2 aromatic rings. The number of aliphatic hydroxyl groups is 1. The van der Waals surface area contributed by atoms with Crippen molar-refractivity contribution in [3.05, 3.63) is 30.1 Å². The standard InChI is InChI=1S/C21H33N3O5S/c1-5-18(8-10-25)24(13-16(2)3)21(26)17-6-7-20-19(12-17)22-14-23(20)9-11-29-15-30(4,27)28/h6-7,12,14,16,18,25H,5,8-11,13,15H2,1-4H3. The zero-order chi connectivity index (χ0) is 22.3. The van der Waals surface area contributed by atoms with Crippen molar-refractivity contribution in [1.29, 1.82) is 0 Å². The van der Waals surface area contributed by atoms with Crippen LogP contribution in [0.4, 0.5) is 0 Å². The van der Waals surface area contributed by atoms with Gasteiger partial charge < -0.3 is 19.3 Å². The number of aliphatic hydroxyl groups excluding tert-OH is 1. The van der Waals surface area contributed by atoms with Gasteiger partial charge in [0, 0.05) is 37.6 Å². The van der Waals surface area contributed by atoms with E-state index in [0.29, 0.717) is 36.5 Å². The van der Waals surface area contributed by atoms with E-state index >= 15 is 0 Å². The maximum Gasteiger partial charge on any atom is 0.254 e. The second kappa shape index (κ2) is 10.9. The Morgan fingerprint density at radius 2 is 2.07 bits per heavy atom. The maximum absolute atomic E-state index is 13.2. The lowest BCUT2D eigenvalue weighted by Crippen LogP contribution is -2.42. The zero-order valence-electron chi connectivity index (χ0n) is 18.2. The molecule has 0 aliphatic rings. The van der Waals surface area contributed by atoms with E-state index in [1.54, 1.807) is 18.5 Å². The number of sulfone groups is 1. The van der Waals surface area contributed by atoms with Gasteiger partial charge in [0.25, 0.3) is 5.91 Å². The van der Waals surface area contributed by atoms with Gasteiger partial charge in [0.15, 0.2) is 9.84 Å². The summed E-state index contributed by atoms with van der Waals surface area (Å²) in [5, 5.41) is 9.39. The van der Waals surface area contributed by atoms with Crippen molar-refractivity contribution < 1.29 is 23.1 Å². The van der Waals surface area contributed by atoms with Crippen molar-refractivity contribution in [2.75, 3.05) is 32.0 Å². The van der Waals surface area contributed by atoms with Gasteiger partial charge in [-0.2, -0.15) is 0 Å². The Morgan fingerprint density at radius 3 is 2.67 bits per heavy atom. The number of benzene rings is 1. The van der Waals surface area contributed by atoms with Crippen molar-refractivity contribution in [2.24, 2.45) is 5.92 Å². The molecule has 0 aliphatic carbocycles.